The first kappa shape index (κ1) is 22.1. The topological polar surface area (TPSA) is 108 Å². The zero-order valence-corrected chi connectivity index (χ0v) is 17.7. The van der Waals surface area contributed by atoms with Gasteiger partial charge < -0.3 is 25.0 Å². The standard InChI is InChI=1S/C21H27ClN4O4/c1-2-3-6-18-24-19(22)17(13-27)26(18)12-14-7-9-15(10-8-14)23-21(30)25-11-4-5-16(25)20(28)29/h7-10,16,27H,2-6,11-13H2,1H3,(H,23,30)(H,28,29). The molecule has 0 radical (unpaired) electrons. The van der Waals surface area contributed by atoms with Gasteiger partial charge in [0.15, 0.2) is 5.15 Å². The molecule has 3 N–H and O–H groups in total. The lowest BCUT2D eigenvalue weighted by molar-refractivity contribution is -0.141. The molecule has 2 heterocycles. The molecular formula is C21H27ClN4O4. The van der Waals surface area contributed by atoms with Crippen molar-refractivity contribution in [3.8, 4) is 0 Å². The minimum absolute atomic E-state index is 0.188. The number of aromatic nitrogens is 2. The first-order valence-electron chi connectivity index (χ1n) is 10.2. The van der Waals surface area contributed by atoms with Crippen molar-refractivity contribution >= 4 is 29.3 Å². The molecule has 1 aromatic heterocycles. The highest BCUT2D eigenvalue weighted by Gasteiger charge is 2.33. The van der Waals surface area contributed by atoms with Gasteiger partial charge in [-0.2, -0.15) is 0 Å². The predicted molar refractivity (Wildman–Crippen MR) is 114 cm³/mol. The molecular weight excluding hydrogens is 408 g/mol. The third-order valence-corrected chi connectivity index (χ3v) is 5.65. The van der Waals surface area contributed by atoms with Gasteiger partial charge in [-0.15, -0.1) is 0 Å². The summed E-state index contributed by atoms with van der Waals surface area (Å²) in [5.41, 5.74) is 2.16. The van der Waals surface area contributed by atoms with E-state index in [-0.39, 0.29) is 6.61 Å². The summed E-state index contributed by atoms with van der Waals surface area (Å²) in [6.07, 6.45) is 3.96. The number of imidazole rings is 1. The lowest BCUT2D eigenvalue weighted by Gasteiger charge is -2.21. The summed E-state index contributed by atoms with van der Waals surface area (Å²) in [5, 5.41) is 22.0. The van der Waals surface area contributed by atoms with Gasteiger partial charge >= 0.3 is 12.0 Å². The number of likely N-dealkylation sites (tertiary alicyclic amines) is 1. The number of aliphatic hydroxyl groups is 1. The molecule has 30 heavy (non-hydrogen) atoms. The zero-order chi connectivity index (χ0) is 21.7. The first-order valence-corrected chi connectivity index (χ1v) is 10.6. The van der Waals surface area contributed by atoms with Crippen LogP contribution in [0.5, 0.6) is 0 Å². The molecule has 1 unspecified atom stereocenters. The van der Waals surface area contributed by atoms with E-state index in [0.717, 1.165) is 30.7 Å². The van der Waals surface area contributed by atoms with Crippen LogP contribution in [0.3, 0.4) is 0 Å². The number of urea groups is 1. The van der Waals surface area contributed by atoms with E-state index >= 15 is 0 Å². The van der Waals surface area contributed by atoms with E-state index in [2.05, 4.69) is 17.2 Å². The number of carboxylic acid groups (broad SMARTS) is 1. The highest BCUT2D eigenvalue weighted by Crippen LogP contribution is 2.22. The zero-order valence-electron chi connectivity index (χ0n) is 17.0. The molecule has 0 spiro atoms. The third-order valence-electron chi connectivity index (χ3n) is 5.35. The number of hydrogen-bond acceptors (Lipinski definition) is 4. The van der Waals surface area contributed by atoms with Crippen LogP contribution in [0.2, 0.25) is 5.15 Å². The minimum Gasteiger partial charge on any atom is -0.480 e. The molecule has 1 saturated heterocycles. The number of rotatable bonds is 8. The SMILES string of the molecule is CCCCc1nc(Cl)c(CO)n1Cc1ccc(NC(=O)N2CCCC2C(=O)O)cc1. The molecule has 0 saturated carbocycles. The fourth-order valence-corrected chi connectivity index (χ4v) is 3.97. The summed E-state index contributed by atoms with van der Waals surface area (Å²) in [5.74, 6) is -0.132. The number of carbonyl (C=O) groups excluding carboxylic acids is 1. The molecule has 0 bridgehead atoms. The Morgan fingerprint density at radius 2 is 2.03 bits per heavy atom. The second kappa shape index (κ2) is 9.95. The molecule has 3 rings (SSSR count). The largest absolute Gasteiger partial charge is 0.480 e. The Hall–Kier alpha value is -2.58. The smallest absolute Gasteiger partial charge is 0.326 e. The second-order valence-corrected chi connectivity index (χ2v) is 7.79. The molecule has 1 aliphatic heterocycles. The van der Waals surface area contributed by atoms with Crippen LogP contribution in [-0.4, -0.2) is 49.3 Å². The number of hydrogen-bond donors (Lipinski definition) is 3. The number of carbonyl (C=O) groups is 2. The Labute approximate surface area is 180 Å². The van der Waals surface area contributed by atoms with Crippen LogP contribution in [0.1, 0.15) is 49.7 Å². The van der Waals surface area contributed by atoms with E-state index in [0.29, 0.717) is 42.5 Å². The first-order chi connectivity index (χ1) is 14.4. The van der Waals surface area contributed by atoms with Gasteiger partial charge in [0.1, 0.15) is 11.9 Å². The third kappa shape index (κ3) is 4.94. The quantitative estimate of drug-likeness (QED) is 0.589. The van der Waals surface area contributed by atoms with Gasteiger partial charge in [-0.3, -0.25) is 0 Å². The van der Waals surface area contributed by atoms with Gasteiger partial charge in [0.05, 0.1) is 12.3 Å². The van der Waals surface area contributed by atoms with Gasteiger partial charge in [-0.25, -0.2) is 14.6 Å². The Bertz CT molecular complexity index is 897. The average Bonchev–Trinajstić information content (AvgIpc) is 3.33. The van der Waals surface area contributed by atoms with Gasteiger partial charge in [0.2, 0.25) is 0 Å². The fraction of sp³-hybridized carbons (Fsp3) is 0.476. The minimum atomic E-state index is -0.976. The normalized spacial score (nSPS) is 16.1. The van der Waals surface area contributed by atoms with Crippen molar-refractivity contribution < 1.29 is 19.8 Å². The molecule has 8 nitrogen and oxygen atoms in total. The summed E-state index contributed by atoms with van der Waals surface area (Å²) in [4.78, 5) is 29.5. The number of aryl methyl sites for hydroxylation is 1. The summed E-state index contributed by atoms with van der Waals surface area (Å²) >= 11 is 6.19. The number of anilines is 1. The van der Waals surface area contributed by atoms with E-state index in [9.17, 15) is 19.8 Å². The molecule has 2 aromatic rings. The number of carboxylic acids is 1. The summed E-state index contributed by atoms with van der Waals surface area (Å²) in [6.45, 7) is 2.87. The maximum absolute atomic E-state index is 12.4. The summed E-state index contributed by atoms with van der Waals surface area (Å²) in [7, 11) is 0. The van der Waals surface area contributed by atoms with Gasteiger partial charge in [0, 0.05) is 25.2 Å². The Balaban J connectivity index is 1.69. The molecule has 1 fully saturated rings. The van der Waals surface area contributed by atoms with Crippen LogP contribution in [0.15, 0.2) is 24.3 Å². The van der Waals surface area contributed by atoms with Crippen molar-refractivity contribution in [3.05, 3.63) is 46.5 Å². The lowest BCUT2D eigenvalue weighted by atomic mass is 10.2. The number of nitrogens with zero attached hydrogens (tertiary/aromatic N) is 3. The second-order valence-electron chi connectivity index (χ2n) is 7.43. The van der Waals surface area contributed by atoms with Crippen LogP contribution in [-0.2, 0) is 24.4 Å². The number of aliphatic hydroxyl groups excluding tert-OH is 1. The fourth-order valence-electron chi connectivity index (χ4n) is 3.71. The Morgan fingerprint density at radius 1 is 1.30 bits per heavy atom. The van der Waals surface area contributed by atoms with Crippen molar-refractivity contribution in [2.45, 2.75) is 58.2 Å². The number of nitrogens with one attached hydrogen (secondary N) is 1. The summed E-state index contributed by atoms with van der Waals surface area (Å²) < 4.78 is 1.94. The molecule has 1 aromatic carbocycles. The Kier molecular flexibility index (Phi) is 7.33. The lowest BCUT2D eigenvalue weighted by Crippen LogP contribution is -2.42. The maximum atomic E-state index is 12.4. The van der Waals surface area contributed by atoms with Crippen molar-refractivity contribution in [1.29, 1.82) is 0 Å². The monoisotopic (exact) mass is 434 g/mol. The van der Waals surface area contributed by atoms with Gasteiger partial charge in [0.25, 0.3) is 0 Å². The number of amides is 2. The predicted octanol–water partition coefficient (Wildman–Crippen LogP) is 3.50. The molecule has 162 valence electrons. The number of benzene rings is 1. The van der Waals surface area contributed by atoms with E-state index < -0.39 is 18.0 Å². The average molecular weight is 435 g/mol. The number of unbranched alkanes of at least 4 members (excludes halogenated alkanes) is 1. The van der Waals surface area contributed by atoms with Crippen LogP contribution in [0, 0.1) is 0 Å². The van der Waals surface area contributed by atoms with E-state index in [1.165, 1.54) is 4.90 Å². The van der Waals surface area contributed by atoms with Crippen LogP contribution in [0.25, 0.3) is 0 Å². The van der Waals surface area contributed by atoms with Crippen molar-refractivity contribution in [3.63, 3.8) is 0 Å². The van der Waals surface area contributed by atoms with E-state index in [1.54, 1.807) is 12.1 Å². The maximum Gasteiger partial charge on any atom is 0.326 e. The van der Waals surface area contributed by atoms with Gasteiger partial charge in [-0.05, 0) is 37.0 Å². The Morgan fingerprint density at radius 3 is 2.67 bits per heavy atom. The molecule has 1 aliphatic rings. The number of halogens is 1. The summed E-state index contributed by atoms with van der Waals surface area (Å²) in [6, 6.07) is 6.15. The van der Waals surface area contributed by atoms with E-state index in [1.807, 2.05) is 16.7 Å². The van der Waals surface area contributed by atoms with Crippen molar-refractivity contribution in [2.75, 3.05) is 11.9 Å². The molecule has 2 amide bonds. The van der Waals surface area contributed by atoms with Crippen LogP contribution >= 0.6 is 11.6 Å². The molecule has 1 atom stereocenters. The van der Waals surface area contributed by atoms with Crippen LogP contribution in [0.4, 0.5) is 10.5 Å². The number of aliphatic carboxylic acids is 1. The van der Waals surface area contributed by atoms with Crippen molar-refractivity contribution in [2.24, 2.45) is 0 Å². The van der Waals surface area contributed by atoms with Crippen molar-refractivity contribution in [1.82, 2.24) is 14.5 Å². The highest BCUT2D eigenvalue weighted by atomic mass is 35.5. The molecule has 0 aliphatic carbocycles. The highest BCUT2D eigenvalue weighted by molar-refractivity contribution is 6.30. The molecule has 9 heteroatoms. The van der Waals surface area contributed by atoms with Crippen LogP contribution < -0.4 is 5.32 Å². The van der Waals surface area contributed by atoms with E-state index in [4.69, 9.17) is 11.6 Å². The van der Waals surface area contributed by atoms with Gasteiger partial charge in [-0.1, -0.05) is 37.1 Å².